The van der Waals surface area contributed by atoms with Crippen molar-refractivity contribution in [2.75, 3.05) is 39.3 Å². The van der Waals surface area contributed by atoms with Crippen LogP contribution in [0.5, 0.6) is 0 Å². The maximum absolute atomic E-state index is 12.2. The van der Waals surface area contributed by atoms with E-state index in [1.807, 2.05) is 4.90 Å². The molecule has 0 aromatic carbocycles. The highest BCUT2D eigenvalue weighted by molar-refractivity contribution is 5.82. The predicted molar refractivity (Wildman–Crippen MR) is 83.0 cm³/mol. The standard InChI is InChI=1S/C17H30N2O2/c1-4-18(5-2)9-14-6-7-17(21-10-14)11-19(12-17)16(20)15-8-13(15)3/h13-15H,4-12H2,1-3H3/t13-,14-,15+/m0/s1. The van der Waals surface area contributed by atoms with E-state index in [-0.39, 0.29) is 5.60 Å². The Labute approximate surface area is 128 Å². The van der Waals surface area contributed by atoms with Crippen molar-refractivity contribution in [2.45, 2.75) is 45.6 Å². The van der Waals surface area contributed by atoms with Crippen LogP contribution in [0.1, 0.15) is 40.0 Å². The third-order valence-corrected chi connectivity index (χ3v) is 5.74. The summed E-state index contributed by atoms with van der Waals surface area (Å²) < 4.78 is 6.19. The summed E-state index contributed by atoms with van der Waals surface area (Å²) in [5.41, 5.74) is 0.00749. The van der Waals surface area contributed by atoms with Crippen LogP contribution >= 0.6 is 0 Å². The molecule has 2 saturated heterocycles. The number of carbonyl (C=O) groups is 1. The Morgan fingerprint density at radius 1 is 1.33 bits per heavy atom. The molecule has 4 heteroatoms. The smallest absolute Gasteiger partial charge is 0.226 e. The van der Waals surface area contributed by atoms with Gasteiger partial charge in [-0.2, -0.15) is 0 Å². The van der Waals surface area contributed by atoms with E-state index in [4.69, 9.17) is 4.74 Å². The maximum atomic E-state index is 12.2. The van der Waals surface area contributed by atoms with E-state index < -0.39 is 0 Å². The van der Waals surface area contributed by atoms with Crippen molar-refractivity contribution in [2.24, 2.45) is 17.8 Å². The largest absolute Gasteiger partial charge is 0.371 e. The van der Waals surface area contributed by atoms with E-state index >= 15 is 0 Å². The zero-order valence-electron chi connectivity index (χ0n) is 13.8. The molecule has 1 aliphatic carbocycles. The second kappa shape index (κ2) is 5.88. The fourth-order valence-corrected chi connectivity index (χ4v) is 3.86. The van der Waals surface area contributed by atoms with Crippen molar-refractivity contribution in [3.63, 3.8) is 0 Å². The van der Waals surface area contributed by atoms with Gasteiger partial charge in [0.25, 0.3) is 0 Å². The Morgan fingerprint density at radius 2 is 2.00 bits per heavy atom. The molecule has 0 aromatic rings. The molecule has 21 heavy (non-hydrogen) atoms. The van der Waals surface area contributed by atoms with Gasteiger partial charge in [0.1, 0.15) is 5.60 Å². The first kappa shape index (κ1) is 15.3. The molecule has 3 fully saturated rings. The third kappa shape index (κ3) is 3.11. The molecule has 0 bridgehead atoms. The Hall–Kier alpha value is -0.610. The number of hydrogen-bond donors (Lipinski definition) is 0. The molecule has 120 valence electrons. The van der Waals surface area contributed by atoms with Gasteiger partial charge in [-0.25, -0.2) is 0 Å². The average molecular weight is 294 g/mol. The second-order valence-corrected chi connectivity index (χ2v) is 7.40. The maximum Gasteiger partial charge on any atom is 0.226 e. The first-order chi connectivity index (χ1) is 10.1. The van der Waals surface area contributed by atoms with Gasteiger partial charge in [0.05, 0.1) is 19.7 Å². The van der Waals surface area contributed by atoms with Crippen molar-refractivity contribution in [1.29, 1.82) is 0 Å². The summed E-state index contributed by atoms with van der Waals surface area (Å²) in [5, 5.41) is 0. The number of rotatable bonds is 5. The Balaban J connectivity index is 1.41. The van der Waals surface area contributed by atoms with Gasteiger partial charge in [-0.1, -0.05) is 20.8 Å². The molecule has 0 radical (unpaired) electrons. The van der Waals surface area contributed by atoms with E-state index in [1.165, 1.54) is 6.42 Å². The molecule has 3 rings (SSSR count). The fraction of sp³-hybridized carbons (Fsp3) is 0.941. The van der Waals surface area contributed by atoms with Crippen LogP contribution in [0.25, 0.3) is 0 Å². The van der Waals surface area contributed by atoms with Crippen LogP contribution in [0, 0.1) is 17.8 Å². The normalized spacial score (nSPS) is 34.1. The highest BCUT2D eigenvalue weighted by Crippen LogP contribution is 2.43. The summed E-state index contributed by atoms with van der Waals surface area (Å²) in [6.07, 6.45) is 3.47. The van der Waals surface area contributed by atoms with Crippen molar-refractivity contribution < 1.29 is 9.53 Å². The summed E-state index contributed by atoms with van der Waals surface area (Å²) in [7, 11) is 0. The molecule has 1 spiro atoms. The minimum absolute atomic E-state index is 0.00749. The summed E-state index contributed by atoms with van der Waals surface area (Å²) in [5.74, 6) is 1.98. The Morgan fingerprint density at radius 3 is 2.48 bits per heavy atom. The number of carbonyl (C=O) groups excluding carboxylic acids is 1. The predicted octanol–water partition coefficient (Wildman–Crippen LogP) is 1.99. The van der Waals surface area contributed by atoms with Gasteiger partial charge in [-0.05, 0) is 44.2 Å². The average Bonchev–Trinajstić information content (AvgIpc) is 3.19. The molecule has 2 heterocycles. The third-order valence-electron chi connectivity index (χ3n) is 5.74. The second-order valence-electron chi connectivity index (χ2n) is 7.40. The lowest BCUT2D eigenvalue weighted by molar-refractivity contribution is -0.190. The summed E-state index contributed by atoms with van der Waals surface area (Å²) in [6.45, 7) is 12.6. The van der Waals surface area contributed by atoms with Crippen LogP contribution in [0.2, 0.25) is 0 Å². The van der Waals surface area contributed by atoms with Gasteiger partial charge < -0.3 is 14.5 Å². The van der Waals surface area contributed by atoms with Crippen LogP contribution in [0.3, 0.4) is 0 Å². The molecule has 4 nitrogen and oxygen atoms in total. The number of hydrogen-bond acceptors (Lipinski definition) is 3. The molecular formula is C17H30N2O2. The van der Waals surface area contributed by atoms with Crippen molar-refractivity contribution in [3.8, 4) is 0 Å². The van der Waals surface area contributed by atoms with E-state index in [9.17, 15) is 4.79 Å². The van der Waals surface area contributed by atoms with Crippen LogP contribution in [0.15, 0.2) is 0 Å². The number of amides is 1. The fourth-order valence-electron chi connectivity index (χ4n) is 3.86. The van der Waals surface area contributed by atoms with Crippen molar-refractivity contribution in [1.82, 2.24) is 9.80 Å². The first-order valence-corrected chi connectivity index (χ1v) is 8.72. The minimum atomic E-state index is 0.00749. The first-order valence-electron chi connectivity index (χ1n) is 8.72. The monoisotopic (exact) mass is 294 g/mol. The molecule has 3 atom stereocenters. The molecule has 1 saturated carbocycles. The topological polar surface area (TPSA) is 32.8 Å². The quantitative estimate of drug-likeness (QED) is 0.777. The lowest BCUT2D eigenvalue weighted by atomic mass is 9.82. The van der Waals surface area contributed by atoms with Crippen molar-refractivity contribution in [3.05, 3.63) is 0 Å². The molecular weight excluding hydrogens is 264 g/mol. The Bertz CT molecular complexity index is 378. The van der Waals surface area contributed by atoms with E-state index in [1.54, 1.807) is 0 Å². The lowest BCUT2D eigenvalue weighted by Crippen LogP contribution is -2.66. The molecule has 0 unspecified atom stereocenters. The number of ether oxygens (including phenoxy) is 1. The van der Waals surface area contributed by atoms with Gasteiger partial charge in [-0.3, -0.25) is 4.79 Å². The van der Waals surface area contributed by atoms with Crippen LogP contribution in [-0.4, -0.2) is 60.6 Å². The molecule has 0 N–H and O–H groups in total. The molecule has 0 aromatic heterocycles. The highest BCUT2D eigenvalue weighted by atomic mass is 16.5. The van der Waals surface area contributed by atoms with Gasteiger partial charge in [0.15, 0.2) is 0 Å². The van der Waals surface area contributed by atoms with E-state index in [2.05, 4.69) is 25.7 Å². The van der Waals surface area contributed by atoms with Gasteiger partial charge in [0.2, 0.25) is 5.91 Å². The molecule has 3 aliphatic rings. The number of likely N-dealkylation sites (tertiary alicyclic amines) is 1. The van der Waals surface area contributed by atoms with Gasteiger partial charge in [-0.15, -0.1) is 0 Å². The Kier molecular flexibility index (Phi) is 4.28. The number of nitrogens with zero attached hydrogens (tertiary/aromatic N) is 2. The van der Waals surface area contributed by atoms with E-state index in [0.717, 1.165) is 52.2 Å². The van der Waals surface area contributed by atoms with Gasteiger partial charge in [0, 0.05) is 12.5 Å². The minimum Gasteiger partial charge on any atom is -0.371 e. The van der Waals surface area contributed by atoms with Crippen LogP contribution < -0.4 is 0 Å². The highest BCUT2D eigenvalue weighted by Gasteiger charge is 2.52. The zero-order valence-corrected chi connectivity index (χ0v) is 13.8. The molecule has 1 amide bonds. The van der Waals surface area contributed by atoms with Crippen molar-refractivity contribution >= 4 is 5.91 Å². The SMILES string of the molecule is CCN(CC)C[C@@H]1CCC2(CN(C(=O)[C@@H]3C[C@@H]3C)C2)OC1. The summed E-state index contributed by atoms with van der Waals surface area (Å²) in [6, 6.07) is 0. The van der Waals surface area contributed by atoms with Crippen LogP contribution in [-0.2, 0) is 9.53 Å². The van der Waals surface area contributed by atoms with Crippen LogP contribution in [0.4, 0.5) is 0 Å². The zero-order chi connectivity index (χ0) is 15.0. The lowest BCUT2D eigenvalue weighted by Gasteiger charge is -2.53. The van der Waals surface area contributed by atoms with E-state index in [0.29, 0.717) is 23.7 Å². The molecule has 2 aliphatic heterocycles. The van der Waals surface area contributed by atoms with Gasteiger partial charge >= 0.3 is 0 Å². The summed E-state index contributed by atoms with van der Waals surface area (Å²) >= 11 is 0. The summed E-state index contributed by atoms with van der Waals surface area (Å²) in [4.78, 5) is 16.7.